The van der Waals surface area contributed by atoms with E-state index in [0.717, 1.165) is 5.56 Å². The van der Waals surface area contributed by atoms with Crippen molar-refractivity contribution < 1.29 is 12.9 Å². The second-order valence-corrected chi connectivity index (χ2v) is 3.82. The molecule has 0 aliphatic rings. The molecule has 1 aromatic carbocycles. The van der Waals surface area contributed by atoms with Gasteiger partial charge in [0, 0.05) is 0 Å². The monoisotopic (exact) mass is 215 g/mol. The van der Waals surface area contributed by atoms with Crippen LogP contribution < -0.4 is 0 Å². The Balaban J connectivity index is 2.49. The van der Waals surface area contributed by atoms with Crippen LogP contribution in [-0.4, -0.2) is 6.98 Å². The van der Waals surface area contributed by atoms with E-state index in [0.29, 0.717) is 6.42 Å². The van der Waals surface area contributed by atoms with E-state index >= 15 is 0 Å². The topological polar surface area (TPSA) is 0 Å². The Bertz CT molecular complexity index is 282. The van der Waals surface area contributed by atoms with Crippen LogP contribution in [0.3, 0.4) is 0 Å². The molecular formula is C11H15BF3-. The molecular weight excluding hydrogens is 200 g/mol. The minimum atomic E-state index is -4.68. The Kier molecular flexibility index (Phi) is 4.24. The number of rotatable bonds is 5. The number of hydrogen-bond donors (Lipinski definition) is 0. The summed E-state index contributed by atoms with van der Waals surface area (Å²) in [7, 11) is 0. The predicted molar refractivity (Wildman–Crippen MR) is 57.9 cm³/mol. The molecule has 1 atom stereocenters. The first kappa shape index (κ1) is 12.1. The fourth-order valence-corrected chi connectivity index (χ4v) is 1.66. The van der Waals surface area contributed by atoms with Gasteiger partial charge in [-0.2, -0.15) is 0 Å². The molecule has 0 amide bonds. The summed E-state index contributed by atoms with van der Waals surface area (Å²) in [5.41, 5.74) is 0.982. The van der Waals surface area contributed by atoms with Crippen molar-refractivity contribution in [2.45, 2.75) is 32.0 Å². The van der Waals surface area contributed by atoms with Crippen molar-refractivity contribution in [2.75, 3.05) is 0 Å². The Morgan fingerprint density at radius 3 is 2.20 bits per heavy atom. The second kappa shape index (κ2) is 5.24. The molecule has 0 radical (unpaired) electrons. The van der Waals surface area contributed by atoms with E-state index in [1.54, 1.807) is 6.92 Å². The molecule has 0 fully saturated rings. The zero-order valence-corrected chi connectivity index (χ0v) is 8.80. The van der Waals surface area contributed by atoms with Gasteiger partial charge in [0.1, 0.15) is 0 Å². The van der Waals surface area contributed by atoms with Crippen molar-refractivity contribution in [3.8, 4) is 0 Å². The van der Waals surface area contributed by atoms with Crippen LogP contribution in [0.1, 0.15) is 25.3 Å². The van der Waals surface area contributed by atoms with Crippen molar-refractivity contribution in [2.24, 2.45) is 0 Å². The number of halogens is 3. The van der Waals surface area contributed by atoms with Crippen LogP contribution in [0.5, 0.6) is 0 Å². The molecule has 84 valence electrons. The predicted octanol–water partition coefficient (Wildman–Crippen LogP) is 4.25. The Hall–Kier alpha value is -0.925. The first-order chi connectivity index (χ1) is 7.04. The summed E-state index contributed by atoms with van der Waals surface area (Å²) in [6.07, 6.45) is 0.918. The molecule has 0 N–H and O–H groups in total. The average Bonchev–Trinajstić information content (AvgIpc) is 2.18. The quantitative estimate of drug-likeness (QED) is 0.644. The molecule has 0 aromatic heterocycles. The van der Waals surface area contributed by atoms with Gasteiger partial charge in [-0.15, -0.1) is 0 Å². The molecule has 0 aliphatic carbocycles. The maximum Gasteiger partial charge on any atom is 0.481 e. The zero-order valence-electron chi connectivity index (χ0n) is 8.80. The van der Waals surface area contributed by atoms with E-state index < -0.39 is 12.8 Å². The number of hydrogen-bond acceptors (Lipinski definition) is 0. The molecule has 1 aromatic rings. The van der Waals surface area contributed by atoms with Crippen LogP contribution in [0, 0.1) is 0 Å². The smallest absolute Gasteiger partial charge is 0.449 e. The summed E-state index contributed by atoms with van der Waals surface area (Å²) >= 11 is 0. The van der Waals surface area contributed by atoms with Gasteiger partial charge in [-0.05, 0) is 12.0 Å². The normalized spacial score (nSPS) is 13.9. The maximum atomic E-state index is 12.5. The molecule has 0 aliphatic heterocycles. The van der Waals surface area contributed by atoms with Crippen molar-refractivity contribution in [3.63, 3.8) is 0 Å². The summed E-state index contributed by atoms with van der Waals surface area (Å²) in [5, 5.41) is 0. The Labute approximate surface area is 88.6 Å². The van der Waals surface area contributed by atoms with Gasteiger partial charge in [0.25, 0.3) is 0 Å². The minimum Gasteiger partial charge on any atom is -0.449 e. The molecule has 0 saturated carbocycles. The fraction of sp³-hybridized carbons (Fsp3) is 0.455. The third-order valence-electron chi connectivity index (χ3n) is 2.71. The van der Waals surface area contributed by atoms with E-state index in [2.05, 4.69) is 0 Å². The van der Waals surface area contributed by atoms with E-state index in [1.165, 1.54) is 0 Å². The molecule has 0 bridgehead atoms. The van der Waals surface area contributed by atoms with Crippen molar-refractivity contribution in [3.05, 3.63) is 35.9 Å². The van der Waals surface area contributed by atoms with Crippen LogP contribution in [0.15, 0.2) is 30.3 Å². The SMILES string of the molecule is CC[C@@H](CCc1ccccc1)[B-](F)(F)F. The van der Waals surface area contributed by atoms with E-state index in [1.807, 2.05) is 30.3 Å². The third-order valence-corrected chi connectivity index (χ3v) is 2.71. The van der Waals surface area contributed by atoms with Crippen LogP contribution in [0.2, 0.25) is 5.82 Å². The number of benzene rings is 1. The lowest BCUT2D eigenvalue weighted by Gasteiger charge is -2.25. The zero-order chi connectivity index (χ0) is 11.3. The lowest BCUT2D eigenvalue weighted by Crippen LogP contribution is -2.24. The van der Waals surface area contributed by atoms with Gasteiger partial charge in [0.15, 0.2) is 0 Å². The van der Waals surface area contributed by atoms with Gasteiger partial charge in [-0.3, -0.25) is 0 Å². The number of aryl methyl sites for hydroxylation is 1. The Morgan fingerprint density at radius 1 is 1.13 bits per heavy atom. The molecule has 1 rings (SSSR count). The minimum absolute atomic E-state index is 0.191. The van der Waals surface area contributed by atoms with Gasteiger partial charge in [-0.1, -0.05) is 55.9 Å². The maximum absolute atomic E-state index is 12.5. The first-order valence-electron chi connectivity index (χ1n) is 5.28. The molecule has 0 heterocycles. The second-order valence-electron chi connectivity index (χ2n) is 3.82. The van der Waals surface area contributed by atoms with E-state index in [-0.39, 0.29) is 12.8 Å². The van der Waals surface area contributed by atoms with Gasteiger partial charge in [0.2, 0.25) is 0 Å². The van der Waals surface area contributed by atoms with Gasteiger partial charge >= 0.3 is 6.98 Å². The average molecular weight is 215 g/mol. The molecule has 0 unspecified atom stereocenters. The van der Waals surface area contributed by atoms with Gasteiger partial charge < -0.3 is 12.9 Å². The molecule has 0 saturated heterocycles. The third kappa shape index (κ3) is 3.98. The van der Waals surface area contributed by atoms with Crippen LogP contribution in [0.25, 0.3) is 0 Å². The van der Waals surface area contributed by atoms with Crippen LogP contribution in [0.4, 0.5) is 12.9 Å². The lowest BCUT2D eigenvalue weighted by atomic mass is 9.68. The van der Waals surface area contributed by atoms with Crippen LogP contribution >= 0.6 is 0 Å². The lowest BCUT2D eigenvalue weighted by molar-refractivity contribution is 0.417. The van der Waals surface area contributed by atoms with Crippen molar-refractivity contribution in [1.29, 1.82) is 0 Å². The summed E-state index contributed by atoms with van der Waals surface area (Å²) < 4.78 is 37.5. The highest BCUT2D eigenvalue weighted by Crippen LogP contribution is 2.33. The summed E-state index contributed by atoms with van der Waals surface area (Å²) in [6.45, 7) is -3.07. The summed E-state index contributed by atoms with van der Waals surface area (Å²) in [4.78, 5) is 0. The summed E-state index contributed by atoms with van der Waals surface area (Å²) in [6, 6.07) is 9.32. The first-order valence-corrected chi connectivity index (χ1v) is 5.28. The van der Waals surface area contributed by atoms with E-state index in [9.17, 15) is 12.9 Å². The molecule has 0 nitrogen and oxygen atoms in total. The Morgan fingerprint density at radius 2 is 1.73 bits per heavy atom. The van der Waals surface area contributed by atoms with Gasteiger partial charge in [0.05, 0.1) is 0 Å². The molecule has 0 spiro atoms. The van der Waals surface area contributed by atoms with Crippen LogP contribution in [-0.2, 0) is 6.42 Å². The van der Waals surface area contributed by atoms with Crippen molar-refractivity contribution >= 4 is 6.98 Å². The highest BCUT2D eigenvalue weighted by atomic mass is 19.4. The summed E-state index contributed by atoms with van der Waals surface area (Å²) in [5.74, 6) is -1.11. The van der Waals surface area contributed by atoms with Crippen molar-refractivity contribution in [1.82, 2.24) is 0 Å². The molecule has 15 heavy (non-hydrogen) atoms. The highest BCUT2D eigenvalue weighted by molar-refractivity contribution is 6.60. The van der Waals surface area contributed by atoms with Gasteiger partial charge in [-0.25, -0.2) is 0 Å². The highest BCUT2D eigenvalue weighted by Gasteiger charge is 2.32. The standard InChI is InChI=1S/C11H15BF3/c1-2-11(12(13,14)15)9-8-10-6-4-3-5-7-10/h3-7,11H,2,8-9H2,1H3/q-1/t11-/m0/s1. The molecule has 4 heteroatoms. The fourth-order valence-electron chi connectivity index (χ4n) is 1.66. The van der Waals surface area contributed by atoms with E-state index in [4.69, 9.17) is 0 Å². The largest absolute Gasteiger partial charge is 0.481 e.